The molecule has 1 amide bonds. The van der Waals surface area contributed by atoms with E-state index in [9.17, 15) is 4.79 Å². The molecule has 1 aromatic rings. The van der Waals surface area contributed by atoms with Crippen LogP contribution in [0.5, 0.6) is 0 Å². The normalized spacial score (nSPS) is 29.3. The first kappa shape index (κ1) is 13.1. The summed E-state index contributed by atoms with van der Waals surface area (Å²) in [7, 11) is 0. The Kier molecular flexibility index (Phi) is 4.33. The van der Waals surface area contributed by atoms with Crippen LogP contribution in [0.2, 0.25) is 0 Å². The second-order valence-electron chi connectivity index (χ2n) is 5.03. The maximum absolute atomic E-state index is 10.4. The van der Waals surface area contributed by atoms with Gasteiger partial charge in [0.2, 0.25) is 5.91 Å². The number of piperidine rings is 3. The second kappa shape index (κ2) is 5.98. The fourth-order valence-corrected chi connectivity index (χ4v) is 2.61. The fourth-order valence-electron chi connectivity index (χ4n) is 2.61. The Balaban J connectivity index is 0.000000134. The molecular weight excluding hydrogens is 226 g/mol. The zero-order valence-corrected chi connectivity index (χ0v) is 10.6. The first-order valence-electron chi connectivity index (χ1n) is 6.49. The third kappa shape index (κ3) is 3.31. The maximum atomic E-state index is 10.4. The lowest BCUT2D eigenvalue weighted by Crippen LogP contribution is -2.54. The van der Waals surface area contributed by atoms with Crippen LogP contribution in [0.4, 0.5) is 0 Å². The average molecular weight is 247 g/mol. The van der Waals surface area contributed by atoms with E-state index in [1.807, 2.05) is 6.07 Å². The van der Waals surface area contributed by atoms with Crippen LogP contribution in [-0.4, -0.2) is 36.5 Å². The van der Waals surface area contributed by atoms with Crippen molar-refractivity contribution in [3.8, 4) is 0 Å². The summed E-state index contributed by atoms with van der Waals surface area (Å²) in [5.74, 6) is 0.477. The summed E-state index contributed by atoms with van der Waals surface area (Å²) in [4.78, 5) is 12.9. The Morgan fingerprint density at radius 2 is 1.78 bits per heavy atom. The minimum absolute atomic E-state index is 0.379. The third-order valence-electron chi connectivity index (χ3n) is 3.77. The van der Waals surface area contributed by atoms with Gasteiger partial charge in [0.05, 0.1) is 0 Å². The van der Waals surface area contributed by atoms with Crippen LogP contribution in [0.25, 0.3) is 0 Å². The van der Waals surface area contributed by atoms with Crippen molar-refractivity contribution >= 4 is 5.91 Å². The Bertz CT molecular complexity index is 385. The number of rotatable bonds is 1. The van der Waals surface area contributed by atoms with Crippen LogP contribution < -0.4 is 11.5 Å². The minimum Gasteiger partial charge on any atom is -0.366 e. The summed E-state index contributed by atoms with van der Waals surface area (Å²) in [6, 6.07) is 9.25. The van der Waals surface area contributed by atoms with Gasteiger partial charge in [0.15, 0.2) is 0 Å². The highest BCUT2D eigenvalue weighted by molar-refractivity contribution is 5.92. The largest absolute Gasteiger partial charge is 0.366 e. The molecule has 0 aromatic heterocycles. The number of nitrogens with two attached hydrogens (primary N) is 2. The predicted octanol–water partition coefficient (Wildman–Crippen LogP) is 0.825. The molecule has 1 unspecified atom stereocenters. The summed E-state index contributed by atoms with van der Waals surface area (Å²) < 4.78 is 0. The first-order chi connectivity index (χ1) is 8.66. The van der Waals surface area contributed by atoms with E-state index >= 15 is 0 Å². The van der Waals surface area contributed by atoms with E-state index < -0.39 is 0 Å². The minimum atomic E-state index is -0.379. The van der Waals surface area contributed by atoms with Gasteiger partial charge in [0.25, 0.3) is 0 Å². The molecule has 4 rings (SSSR count). The lowest BCUT2D eigenvalue weighted by Gasteiger charge is -2.43. The number of hydrogen-bond acceptors (Lipinski definition) is 3. The second-order valence-corrected chi connectivity index (χ2v) is 5.03. The maximum Gasteiger partial charge on any atom is 0.248 e. The molecule has 3 fully saturated rings. The van der Waals surface area contributed by atoms with Gasteiger partial charge in [-0.2, -0.15) is 0 Å². The summed E-state index contributed by atoms with van der Waals surface area (Å²) >= 11 is 0. The van der Waals surface area contributed by atoms with Crippen molar-refractivity contribution in [1.29, 1.82) is 0 Å². The summed E-state index contributed by atoms with van der Waals surface area (Å²) in [6.45, 7) is 3.77. The van der Waals surface area contributed by atoms with Crippen molar-refractivity contribution in [1.82, 2.24) is 4.90 Å². The lowest BCUT2D eigenvalue weighted by molar-refractivity contribution is 0.0896. The molecule has 3 aliphatic heterocycles. The van der Waals surface area contributed by atoms with Crippen molar-refractivity contribution in [3.63, 3.8) is 0 Å². The number of hydrogen-bond donors (Lipinski definition) is 2. The van der Waals surface area contributed by atoms with Crippen LogP contribution in [0.15, 0.2) is 30.3 Å². The highest BCUT2D eigenvalue weighted by atomic mass is 16.1. The van der Waals surface area contributed by atoms with E-state index in [-0.39, 0.29) is 5.91 Å². The van der Waals surface area contributed by atoms with E-state index in [1.165, 1.54) is 25.9 Å². The van der Waals surface area contributed by atoms with Gasteiger partial charge in [-0.3, -0.25) is 4.79 Å². The average Bonchev–Trinajstić information content (AvgIpc) is 2.41. The van der Waals surface area contributed by atoms with Crippen LogP contribution in [0, 0.1) is 5.92 Å². The molecule has 3 aliphatic rings. The molecule has 3 saturated heterocycles. The standard InChI is InChI=1S/C7H14N2.C7H7NO/c8-7-5-9-3-1-6(7)2-4-9;8-7(9)6-4-2-1-3-5-6/h6-7H,1-5,8H2;1-5H,(H2,8,9). The summed E-state index contributed by atoms with van der Waals surface area (Å²) in [5.41, 5.74) is 11.4. The molecule has 1 atom stereocenters. The molecule has 18 heavy (non-hydrogen) atoms. The van der Waals surface area contributed by atoms with E-state index in [1.54, 1.807) is 24.3 Å². The SMILES string of the molecule is NC(=O)c1ccccc1.NC1CN2CCC1CC2. The molecule has 0 spiro atoms. The Morgan fingerprint density at radius 3 is 2.06 bits per heavy atom. The van der Waals surface area contributed by atoms with Gasteiger partial charge in [-0.25, -0.2) is 0 Å². The molecule has 98 valence electrons. The number of amides is 1. The quantitative estimate of drug-likeness (QED) is 0.772. The zero-order chi connectivity index (χ0) is 13.0. The Hall–Kier alpha value is -1.39. The van der Waals surface area contributed by atoms with Crippen molar-refractivity contribution in [2.45, 2.75) is 18.9 Å². The lowest BCUT2D eigenvalue weighted by atomic mass is 9.85. The molecule has 0 aliphatic carbocycles. The highest BCUT2D eigenvalue weighted by Crippen LogP contribution is 2.25. The monoisotopic (exact) mass is 247 g/mol. The van der Waals surface area contributed by atoms with E-state index in [0.29, 0.717) is 11.6 Å². The number of fused-ring (bicyclic) bond motifs is 3. The van der Waals surface area contributed by atoms with Crippen molar-refractivity contribution in [3.05, 3.63) is 35.9 Å². The molecule has 2 bridgehead atoms. The molecule has 0 radical (unpaired) electrons. The van der Waals surface area contributed by atoms with E-state index in [2.05, 4.69) is 4.90 Å². The van der Waals surface area contributed by atoms with Gasteiger partial charge >= 0.3 is 0 Å². The summed E-state index contributed by atoms with van der Waals surface area (Å²) in [6.07, 6.45) is 2.70. The topological polar surface area (TPSA) is 72.3 Å². The molecule has 4 N–H and O–H groups in total. The molecule has 4 nitrogen and oxygen atoms in total. The van der Waals surface area contributed by atoms with Crippen LogP contribution >= 0.6 is 0 Å². The van der Waals surface area contributed by atoms with Gasteiger partial charge in [-0.1, -0.05) is 18.2 Å². The van der Waals surface area contributed by atoms with Gasteiger partial charge in [0, 0.05) is 18.2 Å². The first-order valence-corrected chi connectivity index (χ1v) is 6.49. The molecule has 0 saturated carbocycles. The van der Waals surface area contributed by atoms with Crippen LogP contribution in [0.3, 0.4) is 0 Å². The highest BCUT2D eigenvalue weighted by Gasteiger charge is 2.31. The van der Waals surface area contributed by atoms with Crippen LogP contribution in [0.1, 0.15) is 23.2 Å². The molecule has 1 aromatic carbocycles. The fraction of sp³-hybridized carbons (Fsp3) is 0.500. The molecule has 4 heteroatoms. The van der Waals surface area contributed by atoms with Gasteiger partial charge in [-0.05, 0) is 44.0 Å². The summed E-state index contributed by atoms with van der Waals surface area (Å²) in [5, 5.41) is 0. The predicted molar refractivity (Wildman–Crippen MR) is 72.1 cm³/mol. The molecular formula is C14H21N3O. The number of carbonyl (C=O) groups is 1. The smallest absolute Gasteiger partial charge is 0.248 e. The number of nitrogens with zero attached hydrogens (tertiary/aromatic N) is 1. The van der Waals surface area contributed by atoms with Crippen molar-refractivity contribution in [2.24, 2.45) is 17.4 Å². The van der Waals surface area contributed by atoms with Crippen LogP contribution in [-0.2, 0) is 0 Å². The Labute approximate surface area is 108 Å². The third-order valence-corrected chi connectivity index (χ3v) is 3.77. The van der Waals surface area contributed by atoms with E-state index in [0.717, 1.165) is 12.5 Å². The van der Waals surface area contributed by atoms with Crippen molar-refractivity contribution in [2.75, 3.05) is 19.6 Å². The van der Waals surface area contributed by atoms with Gasteiger partial charge in [0.1, 0.15) is 0 Å². The van der Waals surface area contributed by atoms with Crippen molar-refractivity contribution < 1.29 is 4.79 Å². The number of primary amides is 1. The number of benzene rings is 1. The zero-order valence-electron chi connectivity index (χ0n) is 10.6. The van der Waals surface area contributed by atoms with E-state index in [4.69, 9.17) is 11.5 Å². The van der Waals surface area contributed by atoms with Gasteiger partial charge in [-0.15, -0.1) is 0 Å². The Morgan fingerprint density at radius 1 is 1.17 bits per heavy atom. The molecule has 3 heterocycles. The number of carbonyl (C=O) groups excluding carboxylic acids is 1. The van der Waals surface area contributed by atoms with Gasteiger partial charge < -0.3 is 16.4 Å².